The quantitative estimate of drug-likeness (QED) is 0.628. The Morgan fingerprint density at radius 1 is 1.03 bits per heavy atom. The van der Waals surface area contributed by atoms with Gasteiger partial charge in [-0.2, -0.15) is 0 Å². The van der Waals surface area contributed by atoms with Crippen molar-refractivity contribution in [2.24, 2.45) is 11.1 Å². The van der Waals surface area contributed by atoms with Crippen LogP contribution in [0.4, 0.5) is 10.5 Å². The molecule has 0 bridgehead atoms. The molecule has 4 N–H and O–H groups in total. The maximum Gasteiger partial charge on any atom is 0.405 e. The van der Waals surface area contributed by atoms with Crippen LogP contribution in [-0.2, 0) is 16.1 Å². The lowest BCUT2D eigenvalue weighted by Gasteiger charge is -2.41. The Hall–Kier alpha value is -3.06. The van der Waals surface area contributed by atoms with Gasteiger partial charge in [-0.05, 0) is 29.8 Å². The number of aliphatic hydroxyl groups is 1. The largest absolute Gasteiger partial charge is 0.489 e. The van der Waals surface area contributed by atoms with E-state index in [2.05, 4.69) is 5.32 Å². The highest BCUT2D eigenvalue weighted by Gasteiger charge is 2.51. The molecule has 0 saturated heterocycles. The molecule has 0 fully saturated rings. The maximum atomic E-state index is 13.0. The van der Waals surface area contributed by atoms with E-state index in [1.54, 1.807) is 45.0 Å². The van der Waals surface area contributed by atoms with Crippen LogP contribution < -0.4 is 15.8 Å². The fraction of sp³-hybridized carbons (Fsp3) is 0.364. The summed E-state index contributed by atoms with van der Waals surface area (Å²) in [6, 6.07) is 16.6. The summed E-state index contributed by atoms with van der Waals surface area (Å²) in [6.45, 7) is 5.32. The van der Waals surface area contributed by atoms with Crippen molar-refractivity contribution in [1.82, 2.24) is 0 Å². The Bertz CT molecular complexity index is 815. The lowest BCUT2D eigenvalue weighted by Crippen LogP contribution is -2.57. The van der Waals surface area contributed by atoms with Crippen LogP contribution in [0.5, 0.6) is 5.75 Å². The first-order chi connectivity index (χ1) is 13.7. The minimum absolute atomic E-state index is 0.0798. The third-order valence-electron chi connectivity index (χ3n) is 4.68. The molecule has 0 saturated carbocycles. The van der Waals surface area contributed by atoms with Crippen LogP contribution in [0.15, 0.2) is 54.6 Å². The monoisotopic (exact) mass is 400 g/mol. The van der Waals surface area contributed by atoms with Crippen molar-refractivity contribution in [3.8, 4) is 5.75 Å². The van der Waals surface area contributed by atoms with Gasteiger partial charge in [0.2, 0.25) is 0 Å². The summed E-state index contributed by atoms with van der Waals surface area (Å²) >= 11 is 0. The van der Waals surface area contributed by atoms with Crippen LogP contribution in [0, 0.1) is 5.41 Å². The summed E-state index contributed by atoms with van der Waals surface area (Å²) in [7, 11) is 0. The van der Waals surface area contributed by atoms with E-state index in [1.165, 1.54) is 0 Å². The van der Waals surface area contributed by atoms with Crippen LogP contribution in [0.25, 0.3) is 0 Å². The molecule has 7 heteroatoms. The second kappa shape index (κ2) is 9.43. The number of nitrogens with one attached hydrogen (secondary N) is 1. The summed E-state index contributed by atoms with van der Waals surface area (Å²) in [5.74, 6) is 0.0912. The van der Waals surface area contributed by atoms with E-state index >= 15 is 0 Å². The number of anilines is 1. The van der Waals surface area contributed by atoms with Crippen molar-refractivity contribution in [3.05, 3.63) is 60.2 Å². The number of aliphatic hydroxyl groups excluding tert-OH is 1. The van der Waals surface area contributed by atoms with Gasteiger partial charge in [0.1, 0.15) is 12.4 Å². The van der Waals surface area contributed by atoms with Gasteiger partial charge >= 0.3 is 6.09 Å². The van der Waals surface area contributed by atoms with E-state index in [4.69, 9.17) is 15.2 Å². The van der Waals surface area contributed by atoms with Crippen molar-refractivity contribution in [2.75, 3.05) is 11.9 Å². The Kier molecular flexibility index (Phi) is 7.23. The molecule has 2 rings (SSSR count). The van der Waals surface area contributed by atoms with Crippen molar-refractivity contribution < 1.29 is 24.2 Å². The third kappa shape index (κ3) is 5.71. The Morgan fingerprint density at radius 3 is 2.17 bits per heavy atom. The second-order valence-corrected chi connectivity index (χ2v) is 7.72. The Balaban J connectivity index is 2.11. The molecule has 2 aromatic rings. The summed E-state index contributed by atoms with van der Waals surface area (Å²) in [6.07, 6.45) is -1.16. The molecular formula is C22H28N2O5. The van der Waals surface area contributed by atoms with E-state index in [-0.39, 0.29) is 13.0 Å². The lowest BCUT2D eigenvalue weighted by molar-refractivity contribution is -0.149. The topological polar surface area (TPSA) is 111 Å². The highest BCUT2D eigenvalue weighted by atomic mass is 16.6. The van der Waals surface area contributed by atoms with Crippen LogP contribution >= 0.6 is 0 Å². The molecule has 7 nitrogen and oxygen atoms in total. The second-order valence-electron chi connectivity index (χ2n) is 7.72. The van der Waals surface area contributed by atoms with Gasteiger partial charge < -0.3 is 25.6 Å². The number of carbonyl (C=O) groups is 2. The fourth-order valence-corrected chi connectivity index (χ4v) is 3.02. The lowest BCUT2D eigenvalue weighted by atomic mass is 9.73. The number of hydrogen-bond donors (Lipinski definition) is 3. The number of amides is 2. The van der Waals surface area contributed by atoms with Crippen LogP contribution in [0.3, 0.4) is 0 Å². The number of primary amides is 1. The van der Waals surface area contributed by atoms with E-state index < -0.39 is 23.0 Å². The highest BCUT2D eigenvalue weighted by Crippen LogP contribution is 2.38. The summed E-state index contributed by atoms with van der Waals surface area (Å²) in [4.78, 5) is 24.5. The number of ether oxygens (including phenoxy) is 2. The first kappa shape index (κ1) is 22.2. The van der Waals surface area contributed by atoms with Gasteiger partial charge in [-0.1, -0.05) is 51.1 Å². The van der Waals surface area contributed by atoms with Gasteiger partial charge in [0.05, 0.1) is 0 Å². The normalized spacial score (nSPS) is 13.2. The van der Waals surface area contributed by atoms with Crippen LogP contribution in [0.1, 0.15) is 32.8 Å². The molecule has 0 aliphatic heterocycles. The van der Waals surface area contributed by atoms with E-state index in [9.17, 15) is 14.7 Å². The number of hydrogen-bond acceptors (Lipinski definition) is 5. The molecule has 0 spiro atoms. The smallest absolute Gasteiger partial charge is 0.405 e. The molecule has 2 amide bonds. The molecule has 156 valence electrons. The molecule has 0 radical (unpaired) electrons. The van der Waals surface area contributed by atoms with Crippen molar-refractivity contribution in [2.45, 2.75) is 39.4 Å². The Morgan fingerprint density at radius 2 is 1.66 bits per heavy atom. The maximum absolute atomic E-state index is 13.0. The van der Waals surface area contributed by atoms with E-state index in [1.807, 2.05) is 30.3 Å². The third-order valence-corrected chi connectivity index (χ3v) is 4.68. The predicted molar refractivity (Wildman–Crippen MR) is 110 cm³/mol. The Labute approximate surface area is 170 Å². The molecule has 0 aliphatic rings. The molecule has 2 aromatic carbocycles. The summed E-state index contributed by atoms with van der Waals surface area (Å²) < 4.78 is 11.0. The molecule has 0 aliphatic carbocycles. The molecular weight excluding hydrogens is 372 g/mol. The van der Waals surface area contributed by atoms with E-state index in [0.717, 1.165) is 5.56 Å². The highest BCUT2D eigenvalue weighted by molar-refractivity contribution is 5.99. The SMILES string of the molecule is CC(C)(C)C(CCO)(OC(N)=O)C(=O)Nc1ccc(OCc2ccccc2)cc1. The summed E-state index contributed by atoms with van der Waals surface area (Å²) in [5.41, 5.74) is 4.34. The molecule has 0 aromatic heterocycles. The van der Waals surface area contributed by atoms with Gasteiger partial charge in [-0.3, -0.25) is 4.79 Å². The predicted octanol–water partition coefficient (Wildman–Crippen LogP) is 3.47. The minimum Gasteiger partial charge on any atom is -0.489 e. The van der Waals surface area contributed by atoms with Crippen molar-refractivity contribution in [1.29, 1.82) is 0 Å². The van der Waals surface area contributed by atoms with Crippen molar-refractivity contribution in [3.63, 3.8) is 0 Å². The zero-order valence-electron chi connectivity index (χ0n) is 17.0. The summed E-state index contributed by atoms with van der Waals surface area (Å²) in [5, 5.41) is 12.2. The van der Waals surface area contributed by atoms with E-state index in [0.29, 0.717) is 18.0 Å². The zero-order valence-corrected chi connectivity index (χ0v) is 17.0. The standard InChI is InChI=1S/C22H28N2O5/c1-21(2,3)22(13-14-25,29-20(23)27)19(26)24-17-9-11-18(12-10-17)28-15-16-7-5-4-6-8-16/h4-12,25H,13-15H2,1-3H3,(H2,23,27)(H,24,26). The minimum atomic E-state index is -1.62. The van der Waals surface area contributed by atoms with Gasteiger partial charge in [0.15, 0.2) is 5.60 Å². The van der Waals surface area contributed by atoms with Gasteiger partial charge in [0.25, 0.3) is 5.91 Å². The molecule has 1 unspecified atom stereocenters. The molecule has 29 heavy (non-hydrogen) atoms. The average Bonchev–Trinajstić information content (AvgIpc) is 2.66. The number of carbonyl (C=O) groups excluding carboxylic acids is 2. The average molecular weight is 400 g/mol. The fourth-order valence-electron chi connectivity index (χ4n) is 3.02. The van der Waals surface area contributed by atoms with Gasteiger partial charge in [0, 0.05) is 24.1 Å². The first-order valence-corrected chi connectivity index (χ1v) is 9.35. The molecule has 0 heterocycles. The molecule has 1 atom stereocenters. The zero-order chi connectivity index (χ0) is 21.5. The number of benzene rings is 2. The van der Waals surface area contributed by atoms with Crippen molar-refractivity contribution >= 4 is 17.7 Å². The van der Waals surface area contributed by atoms with Gasteiger partial charge in [-0.25, -0.2) is 4.79 Å². The first-order valence-electron chi connectivity index (χ1n) is 9.35. The van der Waals surface area contributed by atoms with Crippen LogP contribution in [0.2, 0.25) is 0 Å². The number of nitrogens with two attached hydrogens (primary N) is 1. The van der Waals surface area contributed by atoms with Crippen LogP contribution in [-0.4, -0.2) is 29.3 Å². The number of rotatable bonds is 8. The van der Waals surface area contributed by atoms with Gasteiger partial charge in [-0.15, -0.1) is 0 Å².